The number of halogens is 1. The van der Waals surface area contributed by atoms with Gasteiger partial charge in [0.05, 0.1) is 16.8 Å². The molecule has 1 saturated heterocycles. The van der Waals surface area contributed by atoms with Crippen LogP contribution in [0.1, 0.15) is 24.7 Å². The second kappa shape index (κ2) is 5.65. The van der Waals surface area contributed by atoms with Crippen molar-refractivity contribution in [1.29, 1.82) is 0 Å². The molecule has 1 atom stereocenters. The molecule has 8 nitrogen and oxygen atoms in total. The van der Waals surface area contributed by atoms with Crippen LogP contribution in [0.4, 0.5) is 10.2 Å². The lowest BCUT2D eigenvalue weighted by molar-refractivity contribution is 0.384. The molecular weight excluding hydrogens is 339 g/mol. The minimum absolute atomic E-state index is 0.00960. The number of hydrogen-bond acceptors (Lipinski definition) is 6. The van der Waals surface area contributed by atoms with E-state index in [4.69, 9.17) is 4.42 Å². The highest BCUT2D eigenvalue weighted by Gasteiger charge is 2.28. The van der Waals surface area contributed by atoms with Crippen LogP contribution in [0.2, 0.25) is 0 Å². The van der Waals surface area contributed by atoms with Crippen LogP contribution >= 0.6 is 0 Å². The van der Waals surface area contributed by atoms with Crippen molar-refractivity contribution in [2.45, 2.75) is 18.8 Å². The summed E-state index contributed by atoms with van der Waals surface area (Å²) in [5, 5.41) is 8.03. The van der Waals surface area contributed by atoms with Crippen molar-refractivity contribution >= 4 is 27.8 Å². The fourth-order valence-electron chi connectivity index (χ4n) is 3.71. The van der Waals surface area contributed by atoms with Gasteiger partial charge in [-0.1, -0.05) is 0 Å². The maximum absolute atomic E-state index is 13.5. The summed E-state index contributed by atoms with van der Waals surface area (Å²) in [6, 6.07) is 4.63. The van der Waals surface area contributed by atoms with Crippen molar-refractivity contribution in [2.24, 2.45) is 0 Å². The number of hydrogen-bond donors (Lipinski definition) is 2. The van der Waals surface area contributed by atoms with Gasteiger partial charge in [-0.25, -0.2) is 24.3 Å². The van der Waals surface area contributed by atoms with Crippen LogP contribution in [0, 0.1) is 5.82 Å². The van der Waals surface area contributed by atoms with Crippen LogP contribution in [-0.2, 0) is 0 Å². The molecule has 1 aliphatic rings. The zero-order chi connectivity index (χ0) is 17.7. The highest BCUT2D eigenvalue weighted by molar-refractivity contribution is 6.11. The molecule has 1 aromatic carbocycles. The summed E-state index contributed by atoms with van der Waals surface area (Å²) in [5.41, 5.74) is 1.36. The van der Waals surface area contributed by atoms with E-state index >= 15 is 0 Å². The summed E-state index contributed by atoms with van der Waals surface area (Å²) in [7, 11) is 0. The number of nitrogens with one attached hydrogen (secondary N) is 2. The molecule has 4 heterocycles. The molecule has 4 aromatic rings. The normalized spacial score (nSPS) is 18.0. The fourth-order valence-corrected chi connectivity index (χ4v) is 3.71. The topological polar surface area (TPSA) is 104 Å². The Hall–Kier alpha value is -3.23. The van der Waals surface area contributed by atoms with Crippen molar-refractivity contribution in [3.8, 4) is 0 Å². The maximum Gasteiger partial charge on any atom is 0.434 e. The first kappa shape index (κ1) is 15.1. The van der Waals surface area contributed by atoms with E-state index in [-0.39, 0.29) is 11.7 Å². The van der Waals surface area contributed by atoms with Gasteiger partial charge in [-0.05, 0) is 31.0 Å². The van der Waals surface area contributed by atoms with Crippen LogP contribution in [-0.4, -0.2) is 38.2 Å². The third-order valence-electron chi connectivity index (χ3n) is 4.86. The minimum atomic E-state index is -0.541. The van der Waals surface area contributed by atoms with Crippen LogP contribution in [0.5, 0.6) is 0 Å². The SMILES string of the molecule is O=c1[nH]nc([C@@H]2CCCN(c3ncnc4[nH]c5cc(F)ccc5c34)C2)o1. The molecule has 5 rings (SSSR count). The lowest BCUT2D eigenvalue weighted by Gasteiger charge is -2.32. The number of aromatic amines is 2. The standard InChI is InChI=1S/C17H15FN6O2/c18-10-3-4-11-12(6-10)21-14-13(11)15(20-8-19-14)24-5-1-2-9(7-24)16-22-23-17(25)26-16/h3-4,6,8-9H,1-2,5,7H2,(H,23,25)(H,19,20,21)/t9-/m1/s1. The van der Waals surface area contributed by atoms with Crippen molar-refractivity contribution < 1.29 is 8.81 Å². The third-order valence-corrected chi connectivity index (χ3v) is 4.86. The quantitative estimate of drug-likeness (QED) is 0.572. The Kier molecular flexibility index (Phi) is 3.27. The van der Waals surface area contributed by atoms with E-state index in [0.29, 0.717) is 23.6 Å². The van der Waals surface area contributed by atoms with E-state index in [9.17, 15) is 9.18 Å². The van der Waals surface area contributed by atoms with Crippen molar-refractivity contribution in [3.05, 3.63) is 46.8 Å². The monoisotopic (exact) mass is 354 g/mol. The Morgan fingerprint density at radius 2 is 2.23 bits per heavy atom. The first-order valence-electron chi connectivity index (χ1n) is 8.41. The molecule has 0 saturated carbocycles. The Morgan fingerprint density at radius 3 is 3.08 bits per heavy atom. The van der Waals surface area contributed by atoms with E-state index in [1.54, 1.807) is 6.07 Å². The number of nitrogens with zero attached hydrogens (tertiary/aromatic N) is 4. The molecular formula is C17H15FN6O2. The third kappa shape index (κ3) is 2.35. The first-order chi connectivity index (χ1) is 12.7. The Balaban J connectivity index is 1.59. The minimum Gasteiger partial charge on any atom is -0.392 e. The smallest absolute Gasteiger partial charge is 0.392 e. The molecule has 132 valence electrons. The van der Waals surface area contributed by atoms with E-state index < -0.39 is 5.76 Å². The number of anilines is 1. The zero-order valence-electron chi connectivity index (χ0n) is 13.7. The molecule has 26 heavy (non-hydrogen) atoms. The van der Waals surface area contributed by atoms with Gasteiger partial charge >= 0.3 is 5.76 Å². The molecule has 0 bridgehead atoms. The van der Waals surface area contributed by atoms with Crippen LogP contribution in [0.15, 0.2) is 33.7 Å². The predicted molar refractivity (Wildman–Crippen MR) is 92.7 cm³/mol. The molecule has 0 spiro atoms. The van der Waals surface area contributed by atoms with Gasteiger partial charge < -0.3 is 14.3 Å². The highest BCUT2D eigenvalue weighted by Crippen LogP contribution is 2.34. The van der Waals surface area contributed by atoms with Crippen LogP contribution < -0.4 is 10.7 Å². The van der Waals surface area contributed by atoms with Crippen molar-refractivity contribution in [3.63, 3.8) is 0 Å². The van der Waals surface area contributed by atoms with Gasteiger partial charge in [-0.3, -0.25) is 0 Å². The number of H-pyrrole nitrogens is 2. The van der Waals surface area contributed by atoms with Crippen LogP contribution in [0.3, 0.4) is 0 Å². The Bertz CT molecular complexity index is 1160. The molecule has 9 heteroatoms. The van der Waals surface area contributed by atoms with Gasteiger partial charge in [0.25, 0.3) is 0 Å². The molecule has 0 radical (unpaired) electrons. The summed E-state index contributed by atoms with van der Waals surface area (Å²) in [4.78, 5) is 25.3. The van der Waals surface area contributed by atoms with E-state index in [0.717, 1.165) is 36.0 Å². The highest BCUT2D eigenvalue weighted by atomic mass is 19.1. The van der Waals surface area contributed by atoms with Gasteiger partial charge in [0.1, 0.15) is 23.6 Å². The lowest BCUT2D eigenvalue weighted by Crippen LogP contribution is -2.35. The van der Waals surface area contributed by atoms with Gasteiger partial charge in [-0.2, -0.15) is 0 Å². The summed E-state index contributed by atoms with van der Waals surface area (Å²) in [5.74, 6) is 0.377. The number of fused-ring (bicyclic) bond motifs is 3. The molecule has 1 aliphatic heterocycles. The van der Waals surface area contributed by atoms with Gasteiger partial charge in [0, 0.05) is 18.5 Å². The fraction of sp³-hybridized carbons (Fsp3) is 0.294. The molecule has 3 aromatic heterocycles. The van der Waals surface area contributed by atoms with E-state index in [1.165, 1.54) is 18.5 Å². The predicted octanol–water partition coefficient (Wildman–Crippen LogP) is 2.31. The van der Waals surface area contributed by atoms with Crippen LogP contribution in [0.25, 0.3) is 21.9 Å². The Morgan fingerprint density at radius 1 is 1.31 bits per heavy atom. The molecule has 2 N–H and O–H groups in total. The zero-order valence-corrected chi connectivity index (χ0v) is 13.7. The van der Waals surface area contributed by atoms with Gasteiger partial charge in [0.2, 0.25) is 5.89 Å². The summed E-state index contributed by atoms with van der Waals surface area (Å²) in [6.07, 6.45) is 3.31. The average molecular weight is 354 g/mol. The number of piperidine rings is 1. The molecule has 1 fully saturated rings. The first-order valence-corrected chi connectivity index (χ1v) is 8.41. The number of rotatable bonds is 2. The van der Waals surface area contributed by atoms with Gasteiger partial charge in [0.15, 0.2) is 0 Å². The summed E-state index contributed by atoms with van der Waals surface area (Å²) >= 11 is 0. The number of benzene rings is 1. The van der Waals surface area contributed by atoms with Crippen molar-refractivity contribution in [1.82, 2.24) is 25.1 Å². The van der Waals surface area contributed by atoms with E-state index in [2.05, 4.69) is 30.0 Å². The maximum atomic E-state index is 13.5. The second-order valence-electron chi connectivity index (χ2n) is 6.47. The van der Waals surface area contributed by atoms with Gasteiger partial charge in [-0.15, -0.1) is 5.10 Å². The Labute approximate surface area is 146 Å². The average Bonchev–Trinajstić information content (AvgIpc) is 3.24. The number of aromatic nitrogens is 5. The summed E-state index contributed by atoms with van der Waals surface area (Å²) in [6.45, 7) is 1.46. The van der Waals surface area contributed by atoms with Crippen molar-refractivity contribution in [2.75, 3.05) is 18.0 Å². The lowest BCUT2D eigenvalue weighted by atomic mass is 9.97. The summed E-state index contributed by atoms with van der Waals surface area (Å²) < 4.78 is 18.7. The second-order valence-corrected chi connectivity index (χ2v) is 6.47. The molecule has 0 amide bonds. The molecule has 0 unspecified atom stereocenters. The molecule has 0 aliphatic carbocycles. The largest absolute Gasteiger partial charge is 0.434 e. The van der Waals surface area contributed by atoms with E-state index in [1.807, 2.05) is 0 Å².